The maximum absolute atomic E-state index is 14.2. The van der Waals surface area contributed by atoms with Crippen LogP contribution in [0.25, 0.3) is 0 Å². The van der Waals surface area contributed by atoms with Crippen LogP contribution < -0.4 is 14.8 Å². The molecule has 1 atom stereocenters. The number of nitrogens with zero attached hydrogens (tertiary/aromatic N) is 5. The summed E-state index contributed by atoms with van der Waals surface area (Å²) in [4.78, 5) is 9.15. The predicted octanol–water partition coefficient (Wildman–Crippen LogP) is 4.03. The van der Waals surface area contributed by atoms with E-state index in [0.29, 0.717) is 0 Å². The molecule has 0 fully saturated rings. The summed E-state index contributed by atoms with van der Waals surface area (Å²) < 4.78 is 135. The lowest BCUT2D eigenvalue weighted by atomic mass is 10.3. The number of hydrogen-bond donors (Lipinski definition) is 1. The van der Waals surface area contributed by atoms with Crippen molar-refractivity contribution in [3.63, 3.8) is 0 Å². The second-order valence-corrected chi connectivity index (χ2v) is 5.11. The van der Waals surface area contributed by atoms with Crippen molar-refractivity contribution in [2.75, 3.05) is 13.2 Å². The van der Waals surface area contributed by atoms with E-state index in [9.17, 15) is 43.9 Å². The van der Waals surface area contributed by atoms with Crippen LogP contribution in [0.3, 0.4) is 0 Å². The van der Waals surface area contributed by atoms with Gasteiger partial charge in [0.25, 0.3) is 5.95 Å². The molecule has 1 aliphatic heterocycles. The molecule has 2 heterocycles. The highest BCUT2D eigenvalue weighted by Crippen LogP contribution is 2.32. The van der Waals surface area contributed by atoms with E-state index in [1.807, 2.05) is 0 Å². The van der Waals surface area contributed by atoms with E-state index in [4.69, 9.17) is 0 Å². The Kier molecular flexibility index (Phi) is 6.36. The van der Waals surface area contributed by atoms with E-state index in [1.54, 1.807) is 0 Å². The Balaban J connectivity index is 2.30. The Morgan fingerprint density at radius 1 is 0.900 bits per heavy atom. The van der Waals surface area contributed by atoms with Gasteiger partial charge in [-0.25, -0.2) is 8.78 Å². The SMILES string of the molecule is FC1=CC(F)=C(F)NC1(F)N=Nc1nc(OCC(F)(F)F)nc(OCC(F)(F)F)n1. The quantitative estimate of drug-likeness (QED) is 0.395. The Morgan fingerprint density at radius 3 is 1.87 bits per heavy atom. The van der Waals surface area contributed by atoms with E-state index < -0.39 is 67.1 Å². The molecule has 1 N–H and O–H groups in total. The highest BCUT2D eigenvalue weighted by molar-refractivity contribution is 5.28. The molecule has 18 heteroatoms. The summed E-state index contributed by atoms with van der Waals surface area (Å²) in [6, 6.07) is -2.52. The molecule has 0 saturated carbocycles. The fourth-order valence-corrected chi connectivity index (χ4v) is 1.52. The summed E-state index contributed by atoms with van der Waals surface area (Å²) in [5.41, 5.74) is 0. The third kappa shape index (κ3) is 6.69. The standard InChI is InChI=1S/C12H6F10N6O2/c13-4-1-5(14)12(22,26-6(4)15)28-27-7-23-8(29-2-10(16,17)18)25-9(24-7)30-3-11(19,20)21/h1,26H,2-3H2. The van der Waals surface area contributed by atoms with Crippen LogP contribution in [0.2, 0.25) is 0 Å². The van der Waals surface area contributed by atoms with Crippen LogP contribution in [-0.2, 0) is 0 Å². The number of dihydropyridines is 1. The number of nitrogens with one attached hydrogen (secondary N) is 1. The van der Waals surface area contributed by atoms with Crippen LogP contribution in [0.5, 0.6) is 12.0 Å². The fraction of sp³-hybridized carbons (Fsp3) is 0.417. The molecule has 1 unspecified atom stereocenters. The summed E-state index contributed by atoms with van der Waals surface area (Å²) in [5.74, 6) is -10.8. The molecule has 0 radical (unpaired) electrons. The zero-order valence-corrected chi connectivity index (χ0v) is 13.8. The molecule has 1 aromatic rings. The first-order valence-corrected chi connectivity index (χ1v) is 7.15. The molecule has 166 valence electrons. The zero-order chi connectivity index (χ0) is 22.7. The van der Waals surface area contributed by atoms with Crippen LogP contribution in [0, 0.1) is 0 Å². The van der Waals surface area contributed by atoms with Crippen molar-refractivity contribution in [1.29, 1.82) is 0 Å². The highest BCUT2D eigenvalue weighted by Gasteiger charge is 2.41. The lowest BCUT2D eigenvalue weighted by molar-refractivity contribution is -0.156. The Hall–Kier alpha value is -3.21. The first-order chi connectivity index (χ1) is 13.7. The summed E-state index contributed by atoms with van der Waals surface area (Å²) in [6.45, 7) is -3.99. The van der Waals surface area contributed by atoms with Gasteiger partial charge in [-0.05, 0) is 0 Å². The maximum Gasteiger partial charge on any atom is 0.422 e. The van der Waals surface area contributed by atoms with Crippen LogP contribution >= 0.6 is 0 Å². The summed E-state index contributed by atoms with van der Waals surface area (Å²) >= 11 is 0. The molecule has 2 rings (SSSR count). The lowest BCUT2D eigenvalue weighted by Gasteiger charge is -2.21. The van der Waals surface area contributed by atoms with Crippen molar-refractivity contribution in [2.24, 2.45) is 10.2 Å². The monoisotopic (exact) mass is 456 g/mol. The number of halogens is 10. The molecule has 0 amide bonds. The second kappa shape index (κ2) is 8.27. The van der Waals surface area contributed by atoms with Gasteiger partial charge in [-0.2, -0.15) is 45.1 Å². The van der Waals surface area contributed by atoms with Gasteiger partial charge < -0.3 is 14.8 Å². The van der Waals surface area contributed by atoms with Crippen molar-refractivity contribution in [3.05, 3.63) is 23.7 Å². The lowest BCUT2D eigenvalue weighted by Crippen LogP contribution is -2.40. The van der Waals surface area contributed by atoms with Crippen molar-refractivity contribution in [2.45, 2.75) is 18.3 Å². The van der Waals surface area contributed by atoms with E-state index >= 15 is 0 Å². The average Bonchev–Trinajstić information content (AvgIpc) is 2.61. The van der Waals surface area contributed by atoms with Crippen LogP contribution in [0.4, 0.5) is 49.9 Å². The molecule has 1 aromatic heterocycles. The topological polar surface area (TPSA) is 93.9 Å². The molecule has 8 nitrogen and oxygen atoms in total. The largest absolute Gasteiger partial charge is 0.454 e. The second-order valence-electron chi connectivity index (χ2n) is 5.11. The minimum atomic E-state index is -4.90. The van der Waals surface area contributed by atoms with Gasteiger partial charge in [-0.1, -0.05) is 0 Å². The number of azo groups is 1. The summed E-state index contributed by atoms with van der Waals surface area (Å²) in [7, 11) is 0. The predicted molar refractivity (Wildman–Crippen MR) is 72.9 cm³/mol. The molecule has 30 heavy (non-hydrogen) atoms. The van der Waals surface area contributed by atoms with Gasteiger partial charge in [0.15, 0.2) is 24.9 Å². The number of rotatable bonds is 6. The first-order valence-electron chi connectivity index (χ1n) is 7.15. The third-order valence-corrected chi connectivity index (χ3v) is 2.64. The van der Waals surface area contributed by atoms with Gasteiger partial charge in [0, 0.05) is 6.08 Å². The average molecular weight is 456 g/mol. The normalized spacial score (nSPS) is 20.3. The van der Waals surface area contributed by atoms with Crippen molar-refractivity contribution >= 4 is 5.95 Å². The molecule has 0 spiro atoms. The molecule has 0 aromatic carbocycles. The van der Waals surface area contributed by atoms with Crippen molar-refractivity contribution in [1.82, 2.24) is 20.3 Å². The van der Waals surface area contributed by atoms with E-state index in [2.05, 4.69) is 34.7 Å². The number of aromatic nitrogens is 3. The number of ether oxygens (including phenoxy) is 2. The zero-order valence-electron chi connectivity index (χ0n) is 13.8. The van der Waals surface area contributed by atoms with E-state index in [0.717, 1.165) is 5.32 Å². The molecule has 0 aliphatic carbocycles. The van der Waals surface area contributed by atoms with Gasteiger partial charge in [-0.3, -0.25) is 0 Å². The Bertz CT molecular complexity index is 847. The van der Waals surface area contributed by atoms with Gasteiger partial charge in [-0.15, -0.1) is 15.2 Å². The number of alkyl halides is 7. The van der Waals surface area contributed by atoms with Gasteiger partial charge in [0.1, 0.15) is 0 Å². The fourth-order valence-electron chi connectivity index (χ4n) is 1.52. The highest BCUT2D eigenvalue weighted by atomic mass is 19.4. The van der Waals surface area contributed by atoms with Gasteiger partial charge in [0.2, 0.25) is 5.95 Å². The van der Waals surface area contributed by atoms with Crippen molar-refractivity contribution in [3.8, 4) is 12.0 Å². The van der Waals surface area contributed by atoms with E-state index in [-0.39, 0.29) is 6.08 Å². The number of hydrogen-bond acceptors (Lipinski definition) is 8. The van der Waals surface area contributed by atoms with E-state index in [1.165, 1.54) is 0 Å². The smallest absolute Gasteiger partial charge is 0.422 e. The molecular weight excluding hydrogens is 450 g/mol. The van der Waals surface area contributed by atoms with Crippen LogP contribution in [0.1, 0.15) is 0 Å². The third-order valence-electron chi connectivity index (χ3n) is 2.64. The minimum Gasteiger partial charge on any atom is -0.454 e. The Morgan fingerprint density at radius 2 is 1.40 bits per heavy atom. The number of allylic oxidation sites excluding steroid dienone is 2. The van der Waals surface area contributed by atoms with Crippen LogP contribution in [0.15, 0.2) is 33.9 Å². The van der Waals surface area contributed by atoms with Crippen LogP contribution in [-0.4, -0.2) is 46.4 Å². The van der Waals surface area contributed by atoms with Gasteiger partial charge in [0.05, 0.1) is 0 Å². The molecule has 0 saturated heterocycles. The summed E-state index contributed by atoms with van der Waals surface area (Å²) in [5, 5.41) is 6.46. The maximum atomic E-state index is 14.2. The molecule has 1 aliphatic rings. The van der Waals surface area contributed by atoms with Gasteiger partial charge >= 0.3 is 30.3 Å². The minimum absolute atomic E-state index is 0.228. The summed E-state index contributed by atoms with van der Waals surface area (Å²) in [6.07, 6.45) is -10.0. The van der Waals surface area contributed by atoms with Crippen molar-refractivity contribution < 1.29 is 53.4 Å². The first kappa shape index (κ1) is 23.1. The molecular formula is C12H6F10N6O2. The Labute approximate surface area is 158 Å². The molecule has 0 bridgehead atoms.